The van der Waals surface area contributed by atoms with Gasteiger partial charge in [-0.15, -0.1) is 0 Å². The highest BCUT2D eigenvalue weighted by molar-refractivity contribution is 5.74. The van der Waals surface area contributed by atoms with Gasteiger partial charge in [-0.3, -0.25) is 0 Å². The topological polar surface area (TPSA) is 96.6 Å². The van der Waals surface area contributed by atoms with Gasteiger partial charge in [-0.1, -0.05) is 24.3 Å². The van der Waals surface area contributed by atoms with Crippen LogP contribution in [0.2, 0.25) is 0 Å². The number of nitrogens with one attached hydrogen (secondary N) is 2. The Labute approximate surface area is 135 Å². The van der Waals surface area contributed by atoms with Gasteiger partial charge in [0, 0.05) is 13.1 Å². The maximum absolute atomic E-state index is 11.9. The fourth-order valence-electron chi connectivity index (χ4n) is 2.04. The van der Waals surface area contributed by atoms with E-state index >= 15 is 0 Å². The van der Waals surface area contributed by atoms with Gasteiger partial charge in [0.1, 0.15) is 11.5 Å². The second kappa shape index (κ2) is 8.05. The number of urea groups is 1. The van der Waals surface area contributed by atoms with Gasteiger partial charge in [-0.25, -0.2) is 4.79 Å². The van der Waals surface area contributed by atoms with Crippen LogP contribution in [0.15, 0.2) is 48.5 Å². The number of hydrogen-bond donors (Lipinski definition) is 4. The molecule has 2 aromatic carbocycles. The maximum atomic E-state index is 11.9. The van der Waals surface area contributed by atoms with E-state index in [1.165, 1.54) is 12.1 Å². The van der Waals surface area contributed by atoms with Crippen LogP contribution in [0.4, 0.5) is 4.79 Å². The van der Waals surface area contributed by atoms with Crippen LogP contribution in [0.1, 0.15) is 18.1 Å². The molecule has 0 aliphatic rings. The van der Waals surface area contributed by atoms with E-state index in [0.29, 0.717) is 18.8 Å². The smallest absolute Gasteiger partial charge is 0.317 e. The molecule has 0 saturated heterocycles. The summed E-state index contributed by atoms with van der Waals surface area (Å²) in [5, 5.41) is 14.7. The normalized spacial score (nSPS) is 11.6. The lowest BCUT2D eigenvalue weighted by Gasteiger charge is -2.17. The first-order chi connectivity index (χ1) is 11.1. The number of carbonyl (C=O) groups excluding carboxylic acids is 1. The predicted molar refractivity (Wildman–Crippen MR) is 87.9 cm³/mol. The molecule has 122 valence electrons. The molecule has 0 fully saturated rings. The van der Waals surface area contributed by atoms with Crippen LogP contribution in [0, 0.1) is 0 Å². The number of phenolic OH excluding ortho intramolecular Hbond substituents is 1. The lowest BCUT2D eigenvalue weighted by Crippen LogP contribution is -2.43. The Bertz CT molecular complexity index is 644. The lowest BCUT2D eigenvalue weighted by atomic mass is 10.1. The SMILES string of the molecule is CC(NC(=O)NCc1cccc(CN)c1)Oc1ccc(O)cc1. The van der Waals surface area contributed by atoms with Gasteiger partial charge in [0.25, 0.3) is 0 Å². The minimum Gasteiger partial charge on any atom is -0.508 e. The van der Waals surface area contributed by atoms with Crippen LogP contribution >= 0.6 is 0 Å². The fourth-order valence-corrected chi connectivity index (χ4v) is 2.04. The molecule has 0 radical (unpaired) electrons. The van der Waals surface area contributed by atoms with Crippen molar-refractivity contribution in [2.75, 3.05) is 0 Å². The first kappa shape index (κ1) is 16.6. The van der Waals surface area contributed by atoms with Crippen molar-refractivity contribution in [3.63, 3.8) is 0 Å². The second-order valence-electron chi connectivity index (χ2n) is 5.11. The third-order valence-corrected chi connectivity index (χ3v) is 3.16. The first-order valence-electron chi connectivity index (χ1n) is 7.35. The Morgan fingerprint density at radius 1 is 1.22 bits per heavy atom. The van der Waals surface area contributed by atoms with Gasteiger partial charge in [-0.05, 0) is 42.3 Å². The predicted octanol–water partition coefficient (Wildman–Crippen LogP) is 2.08. The lowest BCUT2D eigenvalue weighted by molar-refractivity contribution is 0.177. The number of rotatable bonds is 6. The molecule has 0 bridgehead atoms. The van der Waals surface area contributed by atoms with Crippen LogP contribution in [-0.2, 0) is 13.1 Å². The van der Waals surface area contributed by atoms with Crippen molar-refractivity contribution in [1.82, 2.24) is 10.6 Å². The van der Waals surface area contributed by atoms with E-state index < -0.39 is 6.23 Å². The Hall–Kier alpha value is -2.73. The minimum atomic E-state index is -0.505. The third-order valence-electron chi connectivity index (χ3n) is 3.16. The van der Waals surface area contributed by atoms with Crippen LogP contribution in [0.5, 0.6) is 11.5 Å². The molecule has 5 N–H and O–H groups in total. The van der Waals surface area contributed by atoms with Crippen LogP contribution < -0.4 is 21.1 Å². The standard InChI is InChI=1S/C17H21N3O3/c1-12(23-16-7-5-15(21)6-8-16)20-17(22)19-11-14-4-2-3-13(9-14)10-18/h2-9,12,21H,10-11,18H2,1H3,(H2,19,20,22). The molecule has 2 aromatic rings. The number of phenols is 1. The van der Waals surface area contributed by atoms with Crippen molar-refractivity contribution in [3.05, 3.63) is 59.7 Å². The molecular weight excluding hydrogens is 294 g/mol. The first-order valence-corrected chi connectivity index (χ1v) is 7.35. The minimum absolute atomic E-state index is 0.162. The molecular formula is C17H21N3O3. The van der Waals surface area contributed by atoms with Crippen LogP contribution in [0.3, 0.4) is 0 Å². The van der Waals surface area contributed by atoms with E-state index in [-0.39, 0.29) is 11.8 Å². The maximum Gasteiger partial charge on any atom is 0.317 e. The Morgan fingerprint density at radius 2 is 1.91 bits per heavy atom. The molecule has 2 rings (SSSR count). The number of amides is 2. The summed E-state index contributed by atoms with van der Waals surface area (Å²) in [7, 11) is 0. The summed E-state index contributed by atoms with van der Waals surface area (Å²) in [6.07, 6.45) is -0.505. The van der Waals surface area contributed by atoms with E-state index in [4.69, 9.17) is 10.5 Å². The van der Waals surface area contributed by atoms with Gasteiger partial charge >= 0.3 is 6.03 Å². The van der Waals surface area contributed by atoms with Crippen molar-refractivity contribution in [3.8, 4) is 11.5 Å². The van der Waals surface area contributed by atoms with Gasteiger partial charge < -0.3 is 26.2 Å². The molecule has 0 spiro atoms. The molecule has 6 heteroatoms. The quantitative estimate of drug-likeness (QED) is 0.614. The average Bonchev–Trinajstić information content (AvgIpc) is 2.55. The molecule has 0 heterocycles. The number of carbonyl (C=O) groups is 1. The summed E-state index contributed by atoms with van der Waals surface area (Å²) in [5.74, 6) is 0.724. The van der Waals surface area contributed by atoms with Crippen molar-refractivity contribution < 1.29 is 14.6 Å². The van der Waals surface area contributed by atoms with E-state index in [2.05, 4.69) is 10.6 Å². The second-order valence-corrected chi connectivity index (χ2v) is 5.11. The monoisotopic (exact) mass is 315 g/mol. The Balaban J connectivity index is 1.78. The summed E-state index contributed by atoms with van der Waals surface area (Å²) in [6, 6.07) is 13.7. The van der Waals surface area contributed by atoms with Gasteiger partial charge in [0.15, 0.2) is 6.23 Å². The van der Waals surface area contributed by atoms with E-state index in [1.807, 2.05) is 24.3 Å². The molecule has 0 aromatic heterocycles. The zero-order valence-electron chi connectivity index (χ0n) is 13.0. The van der Waals surface area contributed by atoms with Crippen molar-refractivity contribution >= 4 is 6.03 Å². The van der Waals surface area contributed by atoms with E-state index in [9.17, 15) is 9.90 Å². The fraction of sp³-hybridized carbons (Fsp3) is 0.235. The van der Waals surface area contributed by atoms with Crippen molar-refractivity contribution in [2.45, 2.75) is 26.2 Å². The summed E-state index contributed by atoms with van der Waals surface area (Å²) < 4.78 is 5.53. The number of nitrogens with two attached hydrogens (primary N) is 1. The van der Waals surface area contributed by atoms with E-state index in [1.54, 1.807) is 19.1 Å². The largest absolute Gasteiger partial charge is 0.508 e. The third kappa shape index (κ3) is 5.52. The van der Waals surface area contributed by atoms with Crippen LogP contribution in [-0.4, -0.2) is 17.4 Å². The number of ether oxygens (including phenoxy) is 1. The Morgan fingerprint density at radius 3 is 2.61 bits per heavy atom. The molecule has 0 aliphatic carbocycles. The molecule has 0 saturated carbocycles. The highest BCUT2D eigenvalue weighted by Crippen LogP contribution is 2.16. The number of hydrogen-bond acceptors (Lipinski definition) is 4. The molecule has 1 unspecified atom stereocenters. The summed E-state index contributed by atoms with van der Waals surface area (Å²) in [4.78, 5) is 11.9. The number of aromatic hydroxyl groups is 1. The summed E-state index contributed by atoms with van der Waals surface area (Å²) in [5.41, 5.74) is 7.59. The zero-order chi connectivity index (χ0) is 16.7. The zero-order valence-corrected chi connectivity index (χ0v) is 13.0. The molecule has 23 heavy (non-hydrogen) atoms. The summed E-state index contributed by atoms with van der Waals surface area (Å²) in [6.45, 7) is 2.60. The van der Waals surface area contributed by atoms with E-state index in [0.717, 1.165) is 11.1 Å². The highest BCUT2D eigenvalue weighted by atomic mass is 16.5. The van der Waals surface area contributed by atoms with Crippen LogP contribution in [0.25, 0.3) is 0 Å². The van der Waals surface area contributed by atoms with Gasteiger partial charge in [0.2, 0.25) is 0 Å². The van der Waals surface area contributed by atoms with Gasteiger partial charge in [0.05, 0.1) is 0 Å². The molecule has 6 nitrogen and oxygen atoms in total. The summed E-state index contributed by atoms with van der Waals surface area (Å²) >= 11 is 0. The molecule has 2 amide bonds. The van der Waals surface area contributed by atoms with Gasteiger partial charge in [-0.2, -0.15) is 0 Å². The highest BCUT2D eigenvalue weighted by Gasteiger charge is 2.08. The average molecular weight is 315 g/mol. The Kier molecular flexibility index (Phi) is 5.82. The molecule has 1 atom stereocenters. The molecule has 0 aliphatic heterocycles. The van der Waals surface area contributed by atoms with Crippen molar-refractivity contribution in [2.24, 2.45) is 5.73 Å². The van der Waals surface area contributed by atoms with Crippen molar-refractivity contribution in [1.29, 1.82) is 0 Å². The number of benzene rings is 2.